The van der Waals surface area contributed by atoms with Crippen LogP contribution in [0.25, 0.3) is 16.8 Å². The van der Waals surface area contributed by atoms with Crippen LogP contribution in [0.4, 0.5) is 5.69 Å². The highest BCUT2D eigenvalue weighted by Crippen LogP contribution is 2.25. The summed E-state index contributed by atoms with van der Waals surface area (Å²) in [5.41, 5.74) is 4.43. The number of rotatable bonds is 5. The molecule has 1 aromatic heterocycles. The number of nitrogens with one attached hydrogen (secondary N) is 1. The number of hydrogen-bond acceptors (Lipinski definition) is 4. The maximum absolute atomic E-state index is 12.8. The molecule has 0 aliphatic rings. The van der Waals surface area contributed by atoms with E-state index in [0.717, 1.165) is 16.8 Å². The van der Waals surface area contributed by atoms with E-state index in [9.17, 15) is 4.79 Å². The SMILES string of the molecule is COc1ccccc1-n1nnc(C(=O)Nc2cccc(-c3ccccc3)c2)c1C. The van der Waals surface area contributed by atoms with E-state index in [1.54, 1.807) is 11.8 Å². The summed E-state index contributed by atoms with van der Waals surface area (Å²) in [5, 5.41) is 11.2. The number of aromatic nitrogens is 3. The number of hydrogen-bond donors (Lipinski definition) is 1. The van der Waals surface area contributed by atoms with Gasteiger partial charge in [-0.2, -0.15) is 0 Å². The zero-order chi connectivity index (χ0) is 20.2. The van der Waals surface area contributed by atoms with Gasteiger partial charge in [0, 0.05) is 5.69 Å². The van der Waals surface area contributed by atoms with E-state index in [4.69, 9.17) is 4.74 Å². The predicted octanol–water partition coefficient (Wildman–Crippen LogP) is 4.50. The number of benzene rings is 3. The van der Waals surface area contributed by atoms with Crippen LogP contribution in [-0.2, 0) is 0 Å². The molecule has 1 heterocycles. The van der Waals surface area contributed by atoms with Gasteiger partial charge in [0.1, 0.15) is 11.4 Å². The standard InChI is InChI=1S/C23H20N4O2/c1-16-22(25-26-27(16)20-13-6-7-14-21(20)29-2)23(28)24-19-12-8-11-18(15-19)17-9-4-3-5-10-17/h3-15H,1-2H3,(H,24,28). The lowest BCUT2D eigenvalue weighted by molar-refractivity contribution is 0.102. The molecule has 0 radical (unpaired) electrons. The average Bonchev–Trinajstić information content (AvgIpc) is 3.15. The van der Waals surface area contributed by atoms with Crippen LogP contribution in [0.15, 0.2) is 78.9 Å². The summed E-state index contributed by atoms with van der Waals surface area (Å²) >= 11 is 0. The van der Waals surface area contributed by atoms with Crippen molar-refractivity contribution in [2.45, 2.75) is 6.92 Å². The fraction of sp³-hybridized carbons (Fsp3) is 0.0870. The van der Waals surface area contributed by atoms with Crippen LogP contribution in [0.1, 0.15) is 16.2 Å². The number of amides is 1. The summed E-state index contributed by atoms with van der Waals surface area (Å²) in [6.07, 6.45) is 0. The highest BCUT2D eigenvalue weighted by molar-refractivity contribution is 6.03. The van der Waals surface area contributed by atoms with Crippen LogP contribution < -0.4 is 10.1 Å². The maximum Gasteiger partial charge on any atom is 0.278 e. The molecule has 144 valence electrons. The van der Waals surface area contributed by atoms with E-state index in [2.05, 4.69) is 15.6 Å². The van der Waals surface area contributed by atoms with Crippen molar-refractivity contribution in [1.82, 2.24) is 15.0 Å². The molecule has 3 aromatic carbocycles. The summed E-state index contributed by atoms with van der Waals surface area (Å²) in [5.74, 6) is 0.344. The molecule has 0 bridgehead atoms. The number of ether oxygens (including phenoxy) is 1. The third-order valence-electron chi connectivity index (χ3n) is 4.65. The topological polar surface area (TPSA) is 69.0 Å². The van der Waals surface area contributed by atoms with E-state index >= 15 is 0 Å². The summed E-state index contributed by atoms with van der Waals surface area (Å²) < 4.78 is 6.99. The molecular formula is C23H20N4O2. The molecule has 6 nitrogen and oxygen atoms in total. The zero-order valence-corrected chi connectivity index (χ0v) is 16.2. The monoisotopic (exact) mass is 384 g/mol. The quantitative estimate of drug-likeness (QED) is 0.550. The molecule has 0 saturated carbocycles. The molecule has 0 atom stereocenters. The Labute approximate surface area is 168 Å². The lowest BCUT2D eigenvalue weighted by atomic mass is 10.1. The van der Waals surface area contributed by atoms with Crippen LogP contribution in [0.5, 0.6) is 5.75 Å². The first kappa shape index (κ1) is 18.4. The number of para-hydroxylation sites is 2. The molecule has 0 spiro atoms. The molecular weight excluding hydrogens is 364 g/mol. The van der Waals surface area contributed by atoms with Gasteiger partial charge in [0.15, 0.2) is 5.69 Å². The van der Waals surface area contributed by atoms with E-state index in [1.807, 2.05) is 85.8 Å². The fourth-order valence-electron chi connectivity index (χ4n) is 3.17. The van der Waals surface area contributed by atoms with E-state index in [-0.39, 0.29) is 11.6 Å². The van der Waals surface area contributed by atoms with Gasteiger partial charge in [0.05, 0.1) is 12.8 Å². The van der Waals surface area contributed by atoms with Crippen molar-refractivity contribution in [3.63, 3.8) is 0 Å². The molecule has 0 aliphatic heterocycles. The first-order valence-corrected chi connectivity index (χ1v) is 9.20. The summed E-state index contributed by atoms with van der Waals surface area (Å²) in [6.45, 7) is 1.81. The minimum atomic E-state index is -0.311. The van der Waals surface area contributed by atoms with Crippen LogP contribution in [0, 0.1) is 6.92 Å². The van der Waals surface area contributed by atoms with Gasteiger partial charge in [-0.15, -0.1) is 5.10 Å². The predicted molar refractivity (Wildman–Crippen MR) is 112 cm³/mol. The van der Waals surface area contributed by atoms with E-state index < -0.39 is 0 Å². The maximum atomic E-state index is 12.8. The third kappa shape index (κ3) is 3.73. The van der Waals surface area contributed by atoms with Gasteiger partial charge in [-0.1, -0.05) is 59.8 Å². The summed E-state index contributed by atoms with van der Waals surface area (Å²) in [4.78, 5) is 12.8. The second-order valence-corrected chi connectivity index (χ2v) is 6.51. The molecule has 1 N–H and O–H groups in total. The van der Waals surface area contributed by atoms with Gasteiger partial charge in [-0.3, -0.25) is 4.79 Å². The van der Waals surface area contributed by atoms with Crippen LogP contribution in [0.2, 0.25) is 0 Å². The van der Waals surface area contributed by atoms with Crippen LogP contribution in [0.3, 0.4) is 0 Å². The van der Waals surface area contributed by atoms with Crippen molar-refractivity contribution in [2.75, 3.05) is 12.4 Å². The van der Waals surface area contributed by atoms with Gasteiger partial charge >= 0.3 is 0 Å². The molecule has 0 unspecified atom stereocenters. The van der Waals surface area contributed by atoms with Crippen molar-refractivity contribution < 1.29 is 9.53 Å². The van der Waals surface area contributed by atoms with Crippen molar-refractivity contribution in [2.24, 2.45) is 0 Å². The molecule has 1 amide bonds. The smallest absolute Gasteiger partial charge is 0.278 e. The Hall–Kier alpha value is -3.93. The normalized spacial score (nSPS) is 10.6. The fourth-order valence-corrected chi connectivity index (χ4v) is 3.17. The summed E-state index contributed by atoms with van der Waals surface area (Å²) in [6, 6.07) is 25.2. The first-order valence-electron chi connectivity index (χ1n) is 9.20. The van der Waals surface area contributed by atoms with E-state index in [1.165, 1.54) is 0 Å². The second kappa shape index (κ2) is 7.98. The highest BCUT2D eigenvalue weighted by Gasteiger charge is 2.19. The molecule has 0 saturated heterocycles. The van der Waals surface area contributed by atoms with Crippen LogP contribution in [-0.4, -0.2) is 28.0 Å². The lowest BCUT2D eigenvalue weighted by Gasteiger charge is -2.09. The molecule has 0 aliphatic carbocycles. The number of carbonyl (C=O) groups excluding carboxylic acids is 1. The molecule has 4 rings (SSSR count). The Balaban J connectivity index is 1.60. The molecule has 4 aromatic rings. The van der Waals surface area contributed by atoms with Crippen molar-refractivity contribution in [1.29, 1.82) is 0 Å². The lowest BCUT2D eigenvalue weighted by Crippen LogP contribution is -2.14. The van der Waals surface area contributed by atoms with Gasteiger partial charge in [-0.05, 0) is 42.3 Å². The van der Waals surface area contributed by atoms with Crippen molar-refractivity contribution in [3.05, 3.63) is 90.3 Å². The number of anilines is 1. The Morgan fingerprint density at radius 1 is 0.931 bits per heavy atom. The number of methoxy groups -OCH3 is 1. The Morgan fingerprint density at radius 2 is 1.66 bits per heavy atom. The molecule has 0 fully saturated rings. The van der Waals surface area contributed by atoms with Crippen LogP contribution >= 0.6 is 0 Å². The average molecular weight is 384 g/mol. The highest BCUT2D eigenvalue weighted by atomic mass is 16.5. The molecule has 6 heteroatoms. The van der Waals surface area contributed by atoms with E-state index in [0.29, 0.717) is 17.1 Å². The third-order valence-corrected chi connectivity index (χ3v) is 4.65. The number of nitrogens with zero attached hydrogens (tertiary/aromatic N) is 3. The minimum Gasteiger partial charge on any atom is -0.494 e. The largest absolute Gasteiger partial charge is 0.494 e. The van der Waals surface area contributed by atoms with Gasteiger partial charge in [-0.25, -0.2) is 4.68 Å². The number of carbonyl (C=O) groups is 1. The minimum absolute atomic E-state index is 0.265. The Bertz CT molecular complexity index is 1150. The molecule has 29 heavy (non-hydrogen) atoms. The van der Waals surface area contributed by atoms with Gasteiger partial charge < -0.3 is 10.1 Å². The van der Waals surface area contributed by atoms with Crippen molar-refractivity contribution in [3.8, 4) is 22.6 Å². The summed E-state index contributed by atoms with van der Waals surface area (Å²) in [7, 11) is 1.60. The van der Waals surface area contributed by atoms with Crippen molar-refractivity contribution >= 4 is 11.6 Å². The van der Waals surface area contributed by atoms with Gasteiger partial charge in [0.25, 0.3) is 5.91 Å². The van der Waals surface area contributed by atoms with Gasteiger partial charge in [0.2, 0.25) is 0 Å². The first-order chi connectivity index (χ1) is 14.2. The Morgan fingerprint density at radius 3 is 2.45 bits per heavy atom. The Kier molecular flexibility index (Phi) is 5.07. The zero-order valence-electron chi connectivity index (χ0n) is 16.2. The second-order valence-electron chi connectivity index (χ2n) is 6.51.